The number of alkyl halides is 12. The smallest absolute Gasteiger partial charge is 0.309 e. The Morgan fingerprint density at radius 3 is 1.12 bits per heavy atom. The summed E-state index contributed by atoms with van der Waals surface area (Å²) >= 11 is 0. The Morgan fingerprint density at radius 2 is 0.698 bits per heavy atom. The van der Waals surface area contributed by atoms with Crippen LogP contribution in [0.5, 0.6) is 0 Å². The third-order valence-corrected chi connectivity index (χ3v) is 15.2. The van der Waals surface area contributed by atoms with Crippen LogP contribution in [0.3, 0.4) is 0 Å². The molecule has 0 radical (unpaired) electrons. The van der Waals surface area contributed by atoms with Gasteiger partial charge in [0.2, 0.25) is 0 Å². The summed E-state index contributed by atoms with van der Waals surface area (Å²) in [5.74, 6) is 0.208. The van der Waals surface area contributed by atoms with Gasteiger partial charge in [-0.3, -0.25) is 0 Å². The van der Waals surface area contributed by atoms with Crippen molar-refractivity contribution in [1.29, 1.82) is 5.26 Å². The highest BCUT2D eigenvalue weighted by molar-refractivity contribution is 6.13. The highest BCUT2D eigenvalue weighted by Crippen LogP contribution is 2.48. The molecule has 0 N–H and O–H groups in total. The number of hydrogen-bond acceptors (Lipinski definition) is 3. The molecular formula is C69H37F12N5. The summed E-state index contributed by atoms with van der Waals surface area (Å²) < 4.78 is 175. The molecule has 0 aliphatic heterocycles. The number of nitriles is 1. The first-order valence-electron chi connectivity index (χ1n) is 26.5. The quantitative estimate of drug-likeness (QED) is 0.142. The molecule has 0 saturated carbocycles. The summed E-state index contributed by atoms with van der Waals surface area (Å²) in [5, 5.41) is 13.5. The lowest BCUT2D eigenvalue weighted by Crippen LogP contribution is -2.11. The maximum absolute atomic E-state index is 14.3. The van der Waals surface area contributed by atoms with E-state index < -0.39 is 47.0 Å². The van der Waals surface area contributed by atoms with E-state index in [1.165, 1.54) is 24.3 Å². The third kappa shape index (κ3) is 9.72. The molecule has 0 bridgehead atoms. The van der Waals surface area contributed by atoms with Crippen LogP contribution in [0.4, 0.5) is 52.7 Å². The lowest BCUT2D eigenvalue weighted by atomic mass is 9.91. The van der Waals surface area contributed by atoms with Crippen LogP contribution in [-0.4, -0.2) is 19.1 Å². The van der Waals surface area contributed by atoms with E-state index in [9.17, 15) is 57.9 Å². The van der Waals surface area contributed by atoms with Gasteiger partial charge in [-0.1, -0.05) is 127 Å². The maximum atomic E-state index is 14.3. The fraction of sp³-hybridized carbons (Fsp3) is 0.0580. The van der Waals surface area contributed by atoms with Gasteiger partial charge >= 0.3 is 24.7 Å². The molecule has 13 aromatic rings. The van der Waals surface area contributed by atoms with E-state index in [1.54, 1.807) is 97.1 Å². The summed E-state index contributed by atoms with van der Waals surface area (Å²) in [6, 6.07) is 59.6. The van der Waals surface area contributed by atoms with Crippen molar-refractivity contribution in [3.8, 4) is 84.7 Å². The zero-order chi connectivity index (χ0) is 60.0. The zero-order valence-corrected chi connectivity index (χ0v) is 44.1. The number of fused-ring (bicyclic) bond motifs is 6. The second-order valence-electron chi connectivity index (χ2n) is 20.5. The first-order chi connectivity index (χ1) is 41.1. The van der Waals surface area contributed by atoms with Crippen molar-refractivity contribution in [2.45, 2.75) is 24.7 Å². The third-order valence-electron chi connectivity index (χ3n) is 15.2. The Bertz CT molecular complexity index is 4770. The fourth-order valence-electron chi connectivity index (χ4n) is 11.4. The van der Waals surface area contributed by atoms with Crippen LogP contribution < -0.4 is 0 Å². The lowest BCUT2D eigenvalue weighted by Gasteiger charge is -2.22. The van der Waals surface area contributed by atoms with Gasteiger partial charge < -0.3 is 9.13 Å². The van der Waals surface area contributed by atoms with Crippen LogP contribution in [0, 0.1) is 11.3 Å². The van der Waals surface area contributed by atoms with Crippen molar-refractivity contribution in [3.63, 3.8) is 0 Å². The van der Waals surface area contributed by atoms with Crippen molar-refractivity contribution >= 4 is 43.6 Å². The first kappa shape index (κ1) is 54.8. The van der Waals surface area contributed by atoms with E-state index in [-0.39, 0.29) is 45.8 Å². The van der Waals surface area contributed by atoms with Gasteiger partial charge in [0.1, 0.15) is 0 Å². The number of benzene rings is 10. The van der Waals surface area contributed by atoms with Crippen molar-refractivity contribution in [2.24, 2.45) is 0 Å². The summed E-state index contributed by atoms with van der Waals surface area (Å²) in [7, 11) is 0. The highest BCUT2D eigenvalue weighted by Gasteiger charge is 2.39. The van der Waals surface area contributed by atoms with Gasteiger partial charge in [-0.15, -0.1) is 0 Å². The highest BCUT2D eigenvalue weighted by atomic mass is 19.4. The molecule has 3 heterocycles. The van der Waals surface area contributed by atoms with E-state index in [0.29, 0.717) is 107 Å². The monoisotopic (exact) mass is 1160 g/mol. The van der Waals surface area contributed by atoms with Crippen LogP contribution in [0.15, 0.2) is 224 Å². The molecule has 13 rings (SSSR count). The topological polar surface area (TPSA) is 59.4 Å². The van der Waals surface area contributed by atoms with Crippen LogP contribution >= 0.6 is 0 Å². The van der Waals surface area contributed by atoms with E-state index in [2.05, 4.69) is 6.07 Å². The van der Waals surface area contributed by atoms with Crippen LogP contribution in [-0.2, 0) is 24.7 Å². The van der Waals surface area contributed by atoms with Gasteiger partial charge in [0.15, 0.2) is 5.82 Å². The fourth-order valence-corrected chi connectivity index (χ4v) is 11.4. The molecule has 0 fully saturated rings. The number of aromatic nitrogens is 4. The van der Waals surface area contributed by atoms with Crippen LogP contribution in [0.2, 0.25) is 0 Å². The molecule has 5 nitrogen and oxygen atoms in total. The van der Waals surface area contributed by atoms with Gasteiger partial charge in [-0.05, 0) is 119 Å². The van der Waals surface area contributed by atoms with E-state index in [0.717, 1.165) is 11.1 Å². The normalized spacial score (nSPS) is 12.4. The summed E-state index contributed by atoms with van der Waals surface area (Å²) in [5.41, 5.74) is 0.163. The molecule has 86 heavy (non-hydrogen) atoms. The zero-order valence-electron chi connectivity index (χ0n) is 44.1. The van der Waals surface area contributed by atoms with Gasteiger partial charge in [0, 0.05) is 49.4 Å². The minimum atomic E-state index is -5.11. The van der Waals surface area contributed by atoms with Gasteiger partial charge in [0.25, 0.3) is 0 Å². The maximum Gasteiger partial charge on any atom is 0.416 e. The number of halogens is 12. The minimum absolute atomic E-state index is 0.0590. The Kier molecular flexibility index (Phi) is 13.0. The Hall–Kier alpha value is -10.5. The van der Waals surface area contributed by atoms with Crippen LogP contribution in [0.25, 0.3) is 122 Å². The number of hydrogen-bond donors (Lipinski definition) is 0. The second kappa shape index (κ2) is 20.4. The molecule has 3 aromatic heterocycles. The molecular weight excluding hydrogens is 1130 g/mol. The summed E-state index contributed by atoms with van der Waals surface area (Å²) in [6.07, 6.45) is -20.4. The summed E-state index contributed by atoms with van der Waals surface area (Å²) in [4.78, 5) is 10.5. The SMILES string of the molecule is N#Cc1cccc(-n2c3ccccc3c3cc(-c4cc(C(F)(F)F)cc(C(F)(F)F)c4)ccc32)c1-c1c(-c2nc(-c3ccccc3)cc(-c3ccccc3)n2)cccc1-n1c2ccccc2c2cc(-c3cc(C(F)(F)F)cc(C(F)(F)F)c3)ccc21. The predicted octanol–water partition coefficient (Wildman–Crippen LogP) is 20.6. The molecule has 0 spiro atoms. The van der Waals surface area contributed by atoms with Crippen molar-refractivity contribution in [2.75, 3.05) is 0 Å². The number of para-hydroxylation sites is 2. The molecule has 0 aliphatic carbocycles. The molecule has 0 saturated heterocycles. The molecule has 17 heteroatoms. The average Bonchev–Trinajstić information content (AvgIpc) is 2.45. The second-order valence-corrected chi connectivity index (χ2v) is 20.5. The molecule has 0 unspecified atom stereocenters. The standard InChI is InChI=1S/C69H37F12N5/c70-66(71,72)46-29-44(30-47(35-46)67(73,74)75)41-25-27-59-53(33-41)50-18-7-9-21-57(50)85(59)61-23-11-17-43(38-82)63(61)64-52(65-83-55(39-13-3-1-4-14-39)37-56(84-65)40-15-5-2-6-16-40)20-12-24-62(64)86-58-22-10-8-19-51(58)54-34-42(26-28-60(54)86)45-31-48(68(76,77)78)36-49(32-45)69(79,80)81/h1-37H. The average molecular weight is 1160 g/mol. The van der Waals surface area contributed by atoms with Gasteiger partial charge in [-0.2, -0.15) is 57.9 Å². The molecule has 0 atom stereocenters. The van der Waals surface area contributed by atoms with E-state index >= 15 is 0 Å². The Morgan fingerprint density at radius 1 is 0.314 bits per heavy atom. The summed E-state index contributed by atoms with van der Waals surface area (Å²) in [6.45, 7) is 0. The van der Waals surface area contributed by atoms with E-state index in [4.69, 9.17) is 9.97 Å². The van der Waals surface area contributed by atoms with Gasteiger partial charge in [0.05, 0.1) is 78.7 Å². The first-order valence-corrected chi connectivity index (χ1v) is 26.5. The van der Waals surface area contributed by atoms with Crippen molar-refractivity contribution in [1.82, 2.24) is 19.1 Å². The molecule has 422 valence electrons. The molecule has 0 aliphatic rings. The largest absolute Gasteiger partial charge is 0.416 e. The number of nitrogens with zero attached hydrogens (tertiary/aromatic N) is 5. The van der Waals surface area contributed by atoms with Crippen molar-refractivity contribution in [3.05, 3.63) is 252 Å². The lowest BCUT2D eigenvalue weighted by molar-refractivity contribution is -0.144. The van der Waals surface area contributed by atoms with E-state index in [1.807, 2.05) is 75.9 Å². The van der Waals surface area contributed by atoms with Crippen LogP contribution in [0.1, 0.15) is 27.8 Å². The van der Waals surface area contributed by atoms with Gasteiger partial charge in [-0.25, -0.2) is 9.97 Å². The number of rotatable bonds is 8. The molecule has 10 aromatic carbocycles. The Labute approximate surface area is 480 Å². The van der Waals surface area contributed by atoms with Crippen molar-refractivity contribution < 1.29 is 52.7 Å². The molecule has 0 amide bonds. The minimum Gasteiger partial charge on any atom is -0.309 e. The Balaban J connectivity index is 1.12. The predicted molar refractivity (Wildman–Crippen MR) is 308 cm³/mol.